The lowest BCUT2D eigenvalue weighted by Crippen LogP contribution is -2.28. The van der Waals surface area contributed by atoms with E-state index in [1.165, 1.54) is 0 Å². The molecule has 0 fully saturated rings. The Kier molecular flexibility index (Phi) is 7.60. The van der Waals surface area contributed by atoms with Gasteiger partial charge in [0.15, 0.2) is 0 Å². The van der Waals surface area contributed by atoms with Gasteiger partial charge < -0.3 is 10.4 Å². The lowest BCUT2D eigenvalue weighted by molar-refractivity contribution is -0.137. The molecule has 0 aromatic heterocycles. The summed E-state index contributed by atoms with van der Waals surface area (Å²) in [6.45, 7) is 6.70. The van der Waals surface area contributed by atoms with E-state index < -0.39 is 5.97 Å². The maximum Gasteiger partial charge on any atom is 0.303 e. The van der Waals surface area contributed by atoms with E-state index in [4.69, 9.17) is 5.11 Å². The average Bonchev–Trinajstić information content (AvgIpc) is 2.20. The number of rotatable bonds is 8. The first-order valence-corrected chi connectivity index (χ1v) is 5.90. The van der Waals surface area contributed by atoms with Crippen molar-refractivity contribution < 1.29 is 14.7 Å². The minimum absolute atomic E-state index is 0.0656. The van der Waals surface area contributed by atoms with Crippen molar-refractivity contribution in [1.82, 2.24) is 5.32 Å². The molecular weight excluding hydrogens is 206 g/mol. The Morgan fingerprint density at radius 3 is 2.25 bits per heavy atom. The first kappa shape index (κ1) is 14.9. The lowest BCUT2D eigenvalue weighted by Gasteiger charge is -2.11. The summed E-state index contributed by atoms with van der Waals surface area (Å²) >= 11 is 0. The summed E-state index contributed by atoms with van der Waals surface area (Å²) in [6, 6.07) is 0. The van der Waals surface area contributed by atoms with E-state index in [-0.39, 0.29) is 18.2 Å². The molecule has 94 valence electrons. The van der Waals surface area contributed by atoms with Crippen LogP contribution in [-0.4, -0.2) is 23.5 Å². The van der Waals surface area contributed by atoms with Crippen molar-refractivity contribution in [2.75, 3.05) is 6.54 Å². The van der Waals surface area contributed by atoms with Gasteiger partial charge in [-0.15, -0.1) is 0 Å². The Hall–Kier alpha value is -1.06. The molecule has 2 N–H and O–H groups in total. The molecule has 0 spiro atoms. The third-order valence-electron chi connectivity index (χ3n) is 2.45. The highest BCUT2D eigenvalue weighted by Crippen LogP contribution is 2.05. The van der Waals surface area contributed by atoms with Gasteiger partial charge in [0, 0.05) is 19.4 Å². The van der Waals surface area contributed by atoms with Crippen LogP contribution in [0, 0.1) is 11.8 Å². The molecule has 0 aliphatic rings. The fraction of sp³-hybridized carbons (Fsp3) is 0.833. The minimum Gasteiger partial charge on any atom is -0.481 e. The number of carboxylic acids is 1. The van der Waals surface area contributed by atoms with Gasteiger partial charge >= 0.3 is 5.97 Å². The first-order valence-electron chi connectivity index (χ1n) is 5.90. The van der Waals surface area contributed by atoms with Gasteiger partial charge in [-0.25, -0.2) is 0 Å². The molecule has 1 amide bonds. The largest absolute Gasteiger partial charge is 0.481 e. The van der Waals surface area contributed by atoms with Crippen molar-refractivity contribution in [1.29, 1.82) is 0 Å². The summed E-state index contributed by atoms with van der Waals surface area (Å²) in [6.07, 6.45) is 2.24. The fourth-order valence-electron chi connectivity index (χ4n) is 1.27. The zero-order valence-electron chi connectivity index (χ0n) is 10.5. The van der Waals surface area contributed by atoms with E-state index >= 15 is 0 Å². The SMILES string of the molecule is CC(C)CCC(=O)NCC(C)CCC(=O)O. The van der Waals surface area contributed by atoms with Gasteiger partial charge in [0.2, 0.25) is 5.91 Å². The standard InChI is InChI=1S/C12H23NO3/c1-9(2)4-6-11(14)13-8-10(3)5-7-12(15)16/h9-10H,4-8H2,1-3H3,(H,13,14)(H,15,16). The molecule has 0 aliphatic carbocycles. The molecule has 0 heterocycles. The van der Waals surface area contributed by atoms with Gasteiger partial charge in [-0.05, 0) is 24.7 Å². The van der Waals surface area contributed by atoms with Gasteiger partial charge in [-0.3, -0.25) is 9.59 Å². The van der Waals surface area contributed by atoms with Crippen LogP contribution in [0.15, 0.2) is 0 Å². The number of carbonyl (C=O) groups is 2. The van der Waals surface area contributed by atoms with Crippen molar-refractivity contribution in [3.63, 3.8) is 0 Å². The molecule has 0 saturated carbocycles. The van der Waals surface area contributed by atoms with Crippen molar-refractivity contribution in [3.8, 4) is 0 Å². The van der Waals surface area contributed by atoms with Gasteiger partial charge in [0.1, 0.15) is 0 Å². The summed E-state index contributed by atoms with van der Waals surface area (Å²) in [5.41, 5.74) is 0. The molecule has 0 radical (unpaired) electrons. The van der Waals surface area contributed by atoms with Crippen LogP contribution < -0.4 is 5.32 Å². The van der Waals surface area contributed by atoms with Gasteiger partial charge in [-0.1, -0.05) is 20.8 Å². The highest BCUT2D eigenvalue weighted by atomic mass is 16.4. The summed E-state index contributed by atoms with van der Waals surface area (Å²) < 4.78 is 0. The van der Waals surface area contributed by atoms with E-state index in [0.29, 0.717) is 25.3 Å². The van der Waals surface area contributed by atoms with Crippen LogP contribution >= 0.6 is 0 Å². The van der Waals surface area contributed by atoms with Crippen LogP contribution in [0.2, 0.25) is 0 Å². The van der Waals surface area contributed by atoms with Crippen molar-refractivity contribution in [2.24, 2.45) is 11.8 Å². The molecule has 1 unspecified atom stereocenters. The molecule has 16 heavy (non-hydrogen) atoms. The average molecular weight is 229 g/mol. The molecule has 0 aliphatic heterocycles. The van der Waals surface area contributed by atoms with Gasteiger partial charge in [-0.2, -0.15) is 0 Å². The summed E-state index contributed by atoms with van der Waals surface area (Å²) in [5.74, 6) is 0.0446. The van der Waals surface area contributed by atoms with E-state index in [1.807, 2.05) is 6.92 Å². The Morgan fingerprint density at radius 1 is 1.12 bits per heavy atom. The van der Waals surface area contributed by atoms with Crippen LogP contribution in [0.4, 0.5) is 0 Å². The summed E-state index contributed by atoms with van der Waals surface area (Å²) in [4.78, 5) is 21.7. The topological polar surface area (TPSA) is 66.4 Å². The Bertz CT molecular complexity index is 226. The molecule has 4 nitrogen and oxygen atoms in total. The van der Waals surface area contributed by atoms with E-state index in [1.54, 1.807) is 0 Å². The highest BCUT2D eigenvalue weighted by molar-refractivity contribution is 5.75. The van der Waals surface area contributed by atoms with Crippen LogP contribution in [0.1, 0.15) is 46.5 Å². The fourth-order valence-corrected chi connectivity index (χ4v) is 1.27. The van der Waals surface area contributed by atoms with Crippen molar-refractivity contribution in [2.45, 2.75) is 46.5 Å². The zero-order valence-corrected chi connectivity index (χ0v) is 10.5. The Morgan fingerprint density at radius 2 is 1.75 bits per heavy atom. The monoisotopic (exact) mass is 229 g/mol. The number of aliphatic carboxylic acids is 1. The second-order valence-corrected chi connectivity index (χ2v) is 4.77. The predicted octanol–water partition coefficient (Wildman–Crippen LogP) is 2.04. The van der Waals surface area contributed by atoms with E-state index in [9.17, 15) is 9.59 Å². The number of carboxylic acid groups (broad SMARTS) is 1. The van der Waals surface area contributed by atoms with Crippen LogP contribution in [0.5, 0.6) is 0 Å². The molecule has 0 saturated heterocycles. The number of nitrogens with one attached hydrogen (secondary N) is 1. The van der Waals surface area contributed by atoms with E-state index in [2.05, 4.69) is 19.2 Å². The first-order chi connectivity index (χ1) is 7.41. The molecule has 4 heteroatoms. The smallest absolute Gasteiger partial charge is 0.303 e. The quantitative estimate of drug-likeness (QED) is 0.669. The second-order valence-electron chi connectivity index (χ2n) is 4.77. The number of hydrogen-bond acceptors (Lipinski definition) is 2. The van der Waals surface area contributed by atoms with Crippen LogP contribution in [0.25, 0.3) is 0 Å². The Balaban J connectivity index is 3.54. The van der Waals surface area contributed by atoms with Crippen LogP contribution in [-0.2, 0) is 9.59 Å². The highest BCUT2D eigenvalue weighted by Gasteiger charge is 2.08. The maximum absolute atomic E-state index is 11.4. The third kappa shape index (κ3) is 9.49. The summed E-state index contributed by atoms with van der Waals surface area (Å²) in [7, 11) is 0. The Labute approximate surface area is 97.4 Å². The van der Waals surface area contributed by atoms with Crippen LogP contribution in [0.3, 0.4) is 0 Å². The molecule has 0 aromatic rings. The molecule has 0 bridgehead atoms. The third-order valence-corrected chi connectivity index (χ3v) is 2.45. The summed E-state index contributed by atoms with van der Waals surface area (Å²) in [5, 5.41) is 11.3. The normalized spacial score (nSPS) is 12.5. The molecule has 0 rings (SSSR count). The van der Waals surface area contributed by atoms with Gasteiger partial charge in [0.05, 0.1) is 0 Å². The van der Waals surface area contributed by atoms with Crippen molar-refractivity contribution in [3.05, 3.63) is 0 Å². The lowest BCUT2D eigenvalue weighted by atomic mass is 10.1. The number of amides is 1. The van der Waals surface area contributed by atoms with Gasteiger partial charge in [0.25, 0.3) is 0 Å². The number of hydrogen-bond donors (Lipinski definition) is 2. The minimum atomic E-state index is -0.780. The molecule has 1 atom stereocenters. The van der Waals surface area contributed by atoms with Crippen molar-refractivity contribution >= 4 is 11.9 Å². The number of carbonyl (C=O) groups excluding carboxylic acids is 1. The second kappa shape index (κ2) is 8.13. The van der Waals surface area contributed by atoms with E-state index in [0.717, 1.165) is 6.42 Å². The predicted molar refractivity (Wildman–Crippen MR) is 63.1 cm³/mol. The molecule has 0 aromatic carbocycles. The zero-order chi connectivity index (χ0) is 12.6. The maximum atomic E-state index is 11.4. The molecular formula is C12H23NO3.